The maximum Gasteiger partial charge on any atom is 0.172 e. The van der Waals surface area contributed by atoms with Crippen LogP contribution in [-0.2, 0) is 4.74 Å². The average molecular weight is 198 g/mol. The highest BCUT2D eigenvalue weighted by Gasteiger charge is 2.50. The molecule has 2 aliphatic heterocycles. The molecular formula is C11H22N2O. The highest BCUT2D eigenvalue weighted by Crippen LogP contribution is 2.36. The lowest BCUT2D eigenvalue weighted by Crippen LogP contribution is -2.58. The number of ether oxygens (including phenoxy) is 1. The molecule has 0 aromatic carbocycles. The van der Waals surface area contributed by atoms with Crippen LogP contribution >= 0.6 is 0 Å². The Kier molecular flexibility index (Phi) is 2.37. The molecule has 2 rings (SSSR count). The van der Waals surface area contributed by atoms with E-state index in [0.29, 0.717) is 12.0 Å². The molecule has 2 fully saturated rings. The van der Waals surface area contributed by atoms with E-state index < -0.39 is 0 Å². The first-order valence-corrected chi connectivity index (χ1v) is 5.55. The molecule has 2 heterocycles. The van der Waals surface area contributed by atoms with Crippen molar-refractivity contribution in [3.8, 4) is 0 Å². The Hall–Kier alpha value is -0.120. The van der Waals surface area contributed by atoms with Crippen LogP contribution < -0.4 is 0 Å². The lowest BCUT2D eigenvalue weighted by Gasteiger charge is -2.44. The van der Waals surface area contributed by atoms with Crippen LogP contribution in [-0.4, -0.2) is 41.0 Å². The highest BCUT2D eigenvalue weighted by molar-refractivity contribution is 4.95. The first-order valence-electron chi connectivity index (χ1n) is 5.55. The smallest absolute Gasteiger partial charge is 0.172 e. The second-order valence-corrected chi connectivity index (χ2v) is 5.77. The van der Waals surface area contributed by atoms with E-state index in [0.717, 1.165) is 13.3 Å². The third kappa shape index (κ3) is 1.47. The topological polar surface area (TPSA) is 15.7 Å². The summed E-state index contributed by atoms with van der Waals surface area (Å²) in [4.78, 5) is 4.93. The molecule has 0 bridgehead atoms. The summed E-state index contributed by atoms with van der Waals surface area (Å²) in [7, 11) is 0. The predicted octanol–water partition coefficient (Wildman–Crippen LogP) is 1.70. The van der Waals surface area contributed by atoms with E-state index in [2.05, 4.69) is 44.4 Å². The number of nitrogens with zero attached hydrogens (tertiary/aromatic N) is 2. The normalized spacial score (nSPS) is 34.7. The number of rotatable bonds is 1. The summed E-state index contributed by atoms with van der Waals surface area (Å²) in [5.74, 6) is 0.716. The van der Waals surface area contributed by atoms with Gasteiger partial charge >= 0.3 is 0 Å². The van der Waals surface area contributed by atoms with Crippen molar-refractivity contribution in [3.05, 3.63) is 0 Å². The molecule has 0 radical (unpaired) electrons. The summed E-state index contributed by atoms with van der Waals surface area (Å²) in [6, 6.07) is 0.674. The van der Waals surface area contributed by atoms with Crippen LogP contribution in [0.1, 0.15) is 34.6 Å². The van der Waals surface area contributed by atoms with Crippen LogP contribution in [0.3, 0.4) is 0 Å². The zero-order valence-corrected chi connectivity index (χ0v) is 9.95. The van der Waals surface area contributed by atoms with Gasteiger partial charge in [-0.3, -0.25) is 4.90 Å². The van der Waals surface area contributed by atoms with Crippen molar-refractivity contribution in [2.45, 2.75) is 52.6 Å². The van der Waals surface area contributed by atoms with Crippen LogP contribution in [0.25, 0.3) is 0 Å². The number of hydrogen-bond donors (Lipinski definition) is 0. The molecule has 82 valence electrons. The maximum absolute atomic E-state index is 5.63. The van der Waals surface area contributed by atoms with E-state index in [1.807, 2.05) is 0 Å². The molecule has 2 unspecified atom stereocenters. The molecule has 0 aliphatic carbocycles. The predicted molar refractivity (Wildman–Crippen MR) is 56.7 cm³/mol. The lowest BCUT2D eigenvalue weighted by molar-refractivity contribution is -0.270. The summed E-state index contributed by atoms with van der Waals surface area (Å²) >= 11 is 0. The van der Waals surface area contributed by atoms with Crippen molar-refractivity contribution in [3.63, 3.8) is 0 Å². The Morgan fingerprint density at radius 2 is 1.93 bits per heavy atom. The van der Waals surface area contributed by atoms with Crippen molar-refractivity contribution >= 4 is 0 Å². The molecule has 0 N–H and O–H groups in total. The molecule has 0 saturated carbocycles. The van der Waals surface area contributed by atoms with Gasteiger partial charge in [-0.2, -0.15) is 0 Å². The van der Waals surface area contributed by atoms with Crippen LogP contribution in [0.15, 0.2) is 0 Å². The standard InChI is InChI=1S/C11H22N2O/c1-8(2)9-6-13(11(3,4)5)10-12(9)7-14-10/h8-10H,6-7H2,1-5H3. The number of fused-ring (bicyclic) bond motifs is 1. The Morgan fingerprint density at radius 3 is 2.14 bits per heavy atom. The molecule has 3 nitrogen and oxygen atoms in total. The quantitative estimate of drug-likeness (QED) is 0.638. The van der Waals surface area contributed by atoms with E-state index in [1.165, 1.54) is 0 Å². The minimum atomic E-state index is 0.215. The molecule has 3 heteroatoms. The second-order valence-electron chi connectivity index (χ2n) is 5.77. The molecule has 0 spiro atoms. The Labute approximate surface area is 87.0 Å². The van der Waals surface area contributed by atoms with Gasteiger partial charge < -0.3 is 4.74 Å². The number of hydrogen-bond acceptors (Lipinski definition) is 3. The zero-order chi connectivity index (χ0) is 10.5. The van der Waals surface area contributed by atoms with E-state index in [9.17, 15) is 0 Å². The largest absolute Gasteiger partial charge is 0.334 e. The van der Waals surface area contributed by atoms with Crippen molar-refractivity contribution in [1.82, 2.24) is 9.80 Å². The highest BCUT2D eigenvalue weighted by atomic mass is 16.6. The van der Waals surface area contributed by atoms with Crippen molar-refractivity contribution in [2.24, 2.45) is 5.92 Å². The monoisotopic (exact) mass is 198 g/mol. The van der Waals surface area contributed by atoms with Crippen LogP contribution in [0.4, 0.5) is 0 Å². The summed E-state index contributed by atoms with van der Waals surface area (Å²) < 4.78 is 5.63. The van der Waals surface area contributed by atoms with Gasteiger partial charge in [-0.05, 0) is 26.7 Å². The summed E-state index contributed by atoms with van der Waals surface area (Å²) in [6.45, 7) is 13.3. The van der Waals surface area contributed by atoms with E-state index >= 15 is 0 Å². The molecule has 2 aliphatic rings. The fourth-order valence-corrected chi connectivity index (χ4v) is 2.35. The average Bonchev–Trinajstić information content (AvgIpc) is 2.21. The van der Waals surface area contributed by atoms with Crippen molar-refractivity contribution in [2.75, 3.05) is 13.3 Å². The fraction of sp³-hybridized carbons (Fsp3) is 1.00. The van der Waals surface area contributed by atoms with Crippen LogP contribution in [0.2, 0.25) is 0 Å². The maximum atomic E-state index is 5.63. The zero-order valence-electron chi connectivity index (χ0n) is 9.95. The van der Waals surface area contributed by atoms with E-state index in [1.54, 1.807) is 0 Å². The third-order valence-corrected chi connectivity index (χ3v) is 3.36. The van der Waals surface area contributed by atoms with Gasteiger partial charge in [0.1, 0.15) is 6.73 Å². The Bertz CT molecular complexity index is 222. The van der Waals surface area contributed by atoms with Gasteiger partial charge in [-0.25, -0.2) is 4.90 Å². The van der Waals surface area contributed by atoms with Crippen molar-refractivity contribution in [1.29, 1.82) is 0 Å². The molecular weight excluding hydrogens is 176 g/mol. The van der Waals surface area contributed by atoms with Gasteiger partial charge in [-0.15, -0.1) is 0 Å². The van der Waals surface area contributed by atoms with Crippen LogP contribution in [0, 0.1) is 5.92 Å². The fourth-order valence-electron chi connectivity index (χ4n) is 2.35. The Morgan fingerprint density at radius 1 is 1.29 bits per heavy atom. The first kappa shape index (κ1) is 10.4. The van der Waals surface area contributed by atoms with Crippen molar-refractivity contribution < 1.29 is 4.74 Å². The van der Waals surface area contributed by atoms with Gasteiger partial charge in [0.05, 0.1) is 0 Å². The van der Waals surface area contributed by atoms with E-state index in [4.69, 9.17) is 4.74 Å². The SMILES string of the molecule is CC(C)C1CN(C(C)(C)C)C2OCN12. The van der Waals surface area contributed by atoms with Gasteiger partial charge in [0.2, 0.25) is 0 Å². The third-order valence-electron chi connectivity index (χ3n) is 3.36. The first-order chi connectivity index (χ1) is 6.41. The van der Waals surface area contributed by atoms with Gasteiger partial charge in [0, 0.05) is 18.1 Å². The van der Waals surface area contributed by atoms with E-state index in [-0.39, 0.29) is 11.9 Å². The van der Waals surface area contributed by atoms with Gasteiger partial charge in [0.25, 0.3) is 0 Å². The minimum Gasteiger partial charge on any atom is -0.334 e. The molecule has 0 amide bonds. The minimum absolute atomic E-state index is 0.215. The lowest BCUT2D eigenvalue weighted by atomic mass is 10.0. The molecule has 2 atom stereocenters. The summed E-state index contributed by atoms with van der Waals surface area (Å²) in [5.41, 5.74) is 0.215. The summed E-state index contributed by atoms with van der Waals surface area (Å²) in [6.07, 6.45) is 0.252. The van der Waals surface area contributed by atoms with Crippen LogP contribution in [0.5, 0.6) is 0 Å². The Balaban J connectivity index is 2.10. The second kappa shape index (κ2) is 3.19. The molecule has 2 saturated heterocycles. The molecule has 14 heavy (non-hydrogen) atoms. The van der Waals surface area contributed by atoms with Gasteiger partial charge in [-0.1, -0.05) is 13.8 Å². The molecule has 0 aromatic rings. The summed E-state index contributed by atoms with van der Waals surface area (Å²) in [5, 5.41) is 0. The molecule has 0 aromatic heterocycles. The van der Waals surface area contributed by atoms with Gasteiger partial charge in [0.15, 0.2) is 6.35 Å².